The number of aryl methyl sites for hydroxylation is 1. The number of hydrogen-bond acceptors (Lipinski definition) is 4. The zero-order valence-corrected chi connectivity index (χ0v) is 12.1. The topological polar surface area (TPSA) is 55.4 Å². The van der Waals surface area contributed by atoms with E-state index in [1.165, 1.54) is 11.3 Å². The van der Waals surface area contributed by atoms with E-state index >= 15 is 0 Å². The molecule has 0 aliphatic heterocycles. The lowest BCUT2D eigenvalue weighted by atomic mass is 10.2. The average molecular weight is 289 g/mol. The summed E-state index contributed by atoms with van der Waals surface area (Å²) in [4.78, 5) is 24.3. The molecule has 0 saturated heterocycles. The minimum absolute atomic E-state index is 0.270. The minimum Gasteiger partial charge on any atom is -0.425 e. The normalized spacial score (nSPS) is 11.7. The Morgan fingerprint density at radius 3 is 2.70 bits per heavy atom. The summed E-state index contributed by atoms with van der Waals surface area (Å²) >= 11 is 1.33. The highest BCUT2D eigenvalue weighted by molar-refractivity contribution is 7.12. The number of benzene rings is 1. The standard InChI is InChI=1S/C15H15NO3S/c1-10-5-3-6-12(9-10)19-15(18)11(2)16-14(17)13-7-4-8-20-13/h3-9,11H,1-2H3,(H,16,17). The molecule has 20 heavy (non-hydrogen) atoms. The fourth-order valence-corrected chi connectivity index (χ4v) is 2.24. The van der Waals surface area contributed by atoms with Crippen molar-refractivity contribution in [3.63, 3.8) is 0 Å². The van der Waals surface area contributed by atoms with Crippen molar-refractivity contribution in [3.8, 4) is 5.75 Å². The van der Waals surface area contributed by atoms with Gasteiger partial charge in [0.1, 0.15) is 11.8 Å². The van der Waals surface area contributed by atoms with Crippen molar-refractivity contribution in [3.05, 3.63) is 52.2 Å². The summed E-state index contributed by atoms with van der Waals surface area (Å²) in [6.07, 6.45) is 0. The number of nitrogens with one attached hydrogen (secondary N) is 1. The molecule has 5 heteroatoms. The second kappa shape index (κ2) is 6.34. The van der Waals surface area contributed by atoms with Crippen LogP contribution in [0.3, 0.4) is 0 Å². The van der Waals surface area contributed by atoms with Crippen molar-refractivity contribution in [1.82, 2.24) is 5.32 Å². The highest BCUT2D eigenvalue weighted by Crippen LogP contribution is 2.13. The first kappa shape index (κ1) is 14.3. The van der Waals surface area contributed by atoms with Gasteiger partial charge >= 0.3 is 5.97 Å². The van der Waals surface area contributed by atoms with Crippen LogP contribution in [0.4, 0.5) is 0 Å². The molecule has 0 radical (unpaired) electrons. The van der Waals surface area contributed by atoms with Crippen LogP contribution in [0.5, 0.6) is 5.75 Å². The molecule has 0 aliphatic rings. The van der Waals surface area contributed by atoms with Gasteiger partial charge in [-0.25, -0.2) is 4.79 Å². The molecule has 2 rings (SSSR count). The maximum atomic E-state index is 11.9. The van der Waals surface area contributed by atoms with Crippen LogP contribution in [-0.2, 0) is 4.79 Å². The number of thiophene rings is 1. The fraction of sp³-hybridized carbons (Fsp3) is 0.200. The summed E-state index contributed by atoms with van der Waals surface area (Å²) in [7, 11) is 0. The number of hydrogen-bond donors (Lipinski definition) is 1. The highest BCUT2D eigenvalue weighted by atomic mass is 32.1. The second-order valence-electron chi connectivity index (χ2n) is 4.41. The Balaban J connectivity index is 1.94. The number of esters is 1. The van der Waals surface area contributed by atoms with E-state index in [1.54, 1.807) is 31.2 Å². The molecule has 0 bridgehead atoms. The Kier molecular flexibility index (Phi) is 4.53. The van der Waals surface area contributed by atoms with Gasteiger partial charge in [0.15, 0.2) is 0 Å². The molecule has 1 aromatic carbocycles. The largest absolute Gasteiger partial charge is 0.425 e. The van der Waals surface area contributed by atoms with Gasteiger partial charge in [0.25, 0.3) is 5.91 Å². The van der Waals surface area contributed by atoms with Gasteiger partial charge < -0.3 is 10.1 Å². The maximum Gasteiger partial charge on any atom is 0.333 e. The monoisotopic (exact) mass is 289 g/mol. The summed E-state index contributed by atoms with van der Waals surface area (Å²) in [6, 6.07) is 10.00. The first-order valence-corrected chi connectivity index (χ1v) is 7.07. The lowest BCUT2D eigenvalue weighted by molar-refractivity contribution is -0.136. The van der Waals surface area contributed by atoms with E-state index in [-0.39, 0.29) is 5.91 Å². The smallest absolute Gasteiger partial charge is 0.333 e. The summed E-state index contributed by atoms with van der Waals surface area (Å²) in [5.74, 6) is -0.276. The number of amides is 1. The van der Waals surface area contributed by atoms with Crippen molar-refractivity contribution in [2.45, 2.75) is 19.9 Å². The Hall–Kier alpha value is -2.14. The molecule has 1 heterocycles. The van der Waals surface area contributed by atoms with Crippen LogP contribution in [0.1, 0.15) is 22.2 Å². The second-order valence-corrected chi connectivity index (χ2v) is 5.36. The summed E-state index contributed by atoms with van der Waals surface area (Å²) < 4.78 is 5.22. The maximum absolute atomic E-state index is 11.9. The van der Waals surface area contributed by atoms with Crippen LogP contribution in [0.15, 0.2) is 41.8 Å². The van der Waals surface area contributed by atoms with E-state index in [4.69, 9.17) is 4.74 Å². The molecule has 0 aliphatic carbocycles. The Morgan fingerprint density at radius 1 is 1.25 bits per heavy atom. The molecule has 0 spiro atoms. The molecule has 1 N–H and O–H groups in total. The highest BCUT2D eigenvalue weighted by Gasteiger charge is 2.19. The van der Waals surface area contributed by atoms with Gasteiger partial charge in [-0.15, -0.1) is 11.3 Å². The van der Waals surface area contributed by atoms with E-state index in [9.17, 15) is 9.59 Å². The number of carbonyl (C=O) groups is 2. The van der Waals surface area contributed by atoms with Gasteiger partial charge in [0.2, 0.25) is 0 Å². The van der Waals surface area contributed by atoms with Crippen LogP contribution in [0.25, 0.3) is 0 Å². The molecule has 1 atom stereocenters. The van der Waals surface area contributed by atoms with E-state index in [0.717, 1.165) is 5.56 Å². The number of carbonyl (C=O) groups excluding carboxylic acids is 2. The summed E-state index contributed by atoms with van der Waals surface area (Å²) in [5.41, 5.74) is 1.01. The zero-order chi connectivity index (χ0) is 14.5. The summed E-state index contributed by atoms with van der Waals surface area (Å²) in [6.45, 7) is 3.52. The Labute approximate surface area is 121 Å². The van der Waals surface area contributed by atoms with Crippen LogP contribution in [-0.4, -0.2) is 17.9 Å². The molecule has 1 unspecified atom stereocenters. The van der Waals surface area contributed by atoms with Crippen LogP contribution >= 0.6 is 11.3 Å². The third-order valence-electron chi connectivity index (χ3n) is 2.65. The molecule has 0 fully saturated rings. The van der Waals surface area contributed by atoms with Gasteiger partial charge in [-0.1, -0.05) is 18.2 Å². The SMILES string of the molecule is Cc1cccc(OC(=O)C(C)NC(=O)c2cccs2)c1. The lowest BCUT2D eigenvalue weighted by Crippen LogP contribution is -2.40. The molecule has 2 aromatic rings. The van der Waals surface area contributed by atoms with Gasteiger partial charge in [-0.05, 0) is 43.0 Å². The third-order valence-corrected chi connectivity index (χ3v) is 3.52. The van der Waals surface area contributed by atoms with E-state index in [1.807, 2.05) is 24.4 Å². The molecule has 4 nitrogen and oxygen atoms in total. The van der Waals surface area contributed by atoms with Crippen molar-refractivity contribution in [1.29, 1.82) is 0 Å². The van der Waals surface area contributed by atoms with Crippen LogP contribution in [0, 0.1) is 6.92 Å². The van der Waals surface area contributed by atoms with Crippen LogP contribution < -0.4 is 10.1 Å². The van der Waals surface area contributed by atoms with Crippen molar-refractivity contribution >= 4 is 23.2 Å². The van der Waals surface area contributed by atoms with Gasteiger partial charge in [0, 0.05) is 0 Å². The first-order chi connectivity index (χ1) is 9.56. The lowest BCUT2D eigenvalue weighted by Gasteiger charge is -2.12. The predicted molar refractivity (Wildman–Crippen MR) is 78.1 cm³/mol. The van der Waals surface area contributed by atoms with Gasteiger partial charge in [-0.3, -0.25) is 4.79 Å². The minimum atomic E-state index is -0.704. The molecule has 1 aromatic heterocycles. The molecule has 104 valence electrons. The average Bonchev–Trinajstić information content (AvgIpc) is 2.92. The first-order valence-electron chi connectivity index (χ1n) is 6.19. The van der Waals surface area contributed by atoms with Crippen molar-refractivity contribution in [2.24, 2.45) is 0 Å². The quantitative estimate of drug-likeness (QED) is 0.695. The molecular weight excluding hydrogens is 274 g/mol. The van der Waals surface area contributed by atoms with Crippen LogP contribution in [0.2, 0.25) is 0 Å². The van der Waals surface area contributed by atoms with E-state index < -0.39 is 12.0 Å². The molecular formula is C15H15NO3S. The zero-order valence-electron chi connectivity index (χ0n) is 11.3. The van der Waals surface area contributed by atoms with E-state index in [2.05, 4.69) is 5.32 Å². The Bertz CT molecular complexity index is 607. The third kappa shape index (κ3) is 3.68. The fourth-order valence-electron chi connectivity index (χ4n) is 1.62. The van der Waals surface area contributed by atoms with Gasteiger partial charge in [0.05, 0.1) is 4.88 Å². The number of rotatable bonds is 4. The van der Waals surface area contributed by atoms with Crippen molar-refractivity contribution < 1.29 is 14.3 Å². The predicted octanol–water partition coefficient (Wildman–Crippen LogP) is 2.78. The number of ether oxygens (including phenoxy) is 1. The Morgan fingerprint density at radius 2 is 2.05 bits per heavy atom. The van der Waals surface area contributed by atoms with Crippen molar-refractivity contribution in [2.75, 3.05) is 0 Å². The van der Waals surface area contributed by atoms with Gasteiger partial charge in [-0.2, -0.15) is 0 Å². The molecule has 1 amide bonds. The molecule has 0 saturated carbocycles. The summed E-state index contributed by atoms with van der Waals surface area (Å²) in [5, 5.41) is 4.42. The van der Waals surface area contributed by atoms with E-state index in [0.29, 0.717) is 10.6 Å².